The molecule has 0 aliphatic rings. The van der Waals surface area contributed by atoms with Gasteiger partial charge in [0.05, 0.1) is 5.41 Å². The van der Waals surface area contributed by atoms with E-state index in [1.165, 1.54) is 12.3 Å². The standard InChI is InChI=1S/C9H11NO3/c1-9(2,8(12)13)6-3-4-10-7(11)5-6/h3-5H,1-2H3,(H,10,11)(H,12,13). The Hall–Kier alpha value is -1.58. The molecule has 0 atom stereocenters. The number of carboxylic acid groups (broad SMARTS) is 1. The van der Waals surface area contributed by atoms with Gasteiger partial charge in [0.1, 0.15) is 0 Å². The maximum absolute atomic E-state index is 10.9. The lowest BCUT2D eigenvalue weighted by Gasteiger charge is -2.18. The van der Waals surface area contributed by atoms with Crippen LogP contribution in [0.2, 0.25) is 0 Å². The van der Waals surface area contributed by atoms with Gasteiger partial charge >= 0.3 is 5.97 Å². The summed E-state index contributed by atoms with van der Waals surface area (Å²) in [6, 6.07) is 2.89. The third-order valence-electron chi connectivity index (χ3n) is 2.03. The van der Waals surface area contributed by atoms with E-state index in [-0.39, 0.29) is 5.56 Å². The van der Waals surface area contributed by atoms with Crippen LogP contribution in [-0.4, -0.2) is 16.1 Å². The lowest BCUT2D eigenvalue weighted by Crippen LogP contribution is -2.29. The molecule has 0 saturated heterocycles. The van der Waals surface area contributed by atoms with Gasteiger partial charge in [0.15, 0.2) is 0 Å². The Bertz CT molecular complexity index is 378. The molecule has 0 bridgehead atoms. The molecule has 4 nitrogen and oxygen atoms in total. The molecule has 0 spiro atoms. The number of aromatic nitrogens is 1. The molecule has 0 amide bonds. The van der Waals surface area contributed by atoms with Crippen LogP contribution in [0.5, 0.6) is 0 Å². The van der Waals surface area contributed by atoms with Crippen LogP contribution in [0.1, 0.15) is 19.4 Å². The van der Waals surface area contributed by atoms with E-state index in [1.807, 2.05) is 0 Å². The summed E-state index contributed by atoms with van der Waals surface area (Å²) in [6.45, 7) is 3.12. The van der Waals surface area contributed by atoms with Crippen LogP contribution in [0.15, 0.2) is 23.1 Å². The Kier molecular flexibility index (Phi) is 2.23. The van der Waals surface area contributed by atoms with Gasteiger partial charge in [-0.2, -0.15) is 0 Å². The van der Waals surface area contributed by atoms with Crippen molar-refractivity contribution in [1.82, 2.24) is 4.98 Å². The molecule has 0 saturated carbocycles. The molecule has 70 valence electrons. The summed E-state index contributed by atoms with van der Waals surface area (Å²) in [5.41, 5.74) is -0.801. The fourth-order valence-electron chi connectivity index (χ4n) is 0.957. The largest absolute Gasteiger partial charge is 0.481 e. The molecule has 1 heterocycles. The van der Waals surface area contributed by atoms with Crippen molar-refractivity contribution in [3.8, 4) is 0 Å². The van der Waals surface area contributed by atoms with Crippen LogP contribution in [0, 0.1) is 0 Å². The second kappa shape index (κ2) is 3.05. The summed E-state index contributed by atoms with van der Waals surface area (Å²) < 4.78 is 0. The van der Waals surface area contributed by atoms with Gasteiger partial charge in [-0.05, 0) is 25.5 Å². The molecule has 1 aromatic rings. The molecule has 1 aromatic heterocycles. The molecule has 0 aromatic carbocycles. The first-order valence-corrected chi connectivity index (χ1v) is 3.87. The van der Waals surface area contributed by atoms with E-state index in [4.69, 9.17) is 5.11 Å². The molecule has 1 rings (SSSR count). The van der Waals surface area contributed by atoms with Crippen LogP contribution in [0.25, 0.3) is 0 Å². The number of aromatic amines is 1. The van der Waals surface area contributed by atoms with Crippen molar-refractivity contribution in [1.29, 1.82) is 0 Å². The first-order chi connectivity index (χ1) is 5.94. The van der Waals surface area contributed by atoms with Gasteiger partial charge in [-0.1, -0.05) is 0 Å². The second-order valence-electron chi connectivity index (χ2n) is 3.37. The van der Waals surface area contributed by atoms with Crippen molar-refractivity contribution in [2.24, 2.45) is 0 Å². The van der Waals surface area contributed by atoms with Gasteiger partial charge in [0.2, 0.25) is 5.56 Å². The number of nitrogens with one attached hydrogen (secondary N) is 1. The molecule has 4 heteroatoms. The van der Waals surface area contributed by atoms with Crippen molar-refractivity contribution in [3.05, 3.63) is 34.2 Å². The summed E-state index contributed by atoms with van der Waals surface area (Å²) in [5.74, 6) is -0.946. The number of aliphatic carboxylic acids is 1. The Balaban J connectivity index is 3.22. The zero-order chi connectivity index (χ0) is 10.1. The fourth-order valence-corrected chi connectivity index (χ4v) is 0.957. The minimum Gasteiger partial charge on any atom is -0.481 e. The Morgan fingerprint density at radius 2 is 2.15 bits per heavy atom. The van der Waals surface area contributed by atoms with Crippen molar-refractivity contribution < 1.29 is 9.90 Å². The Labute approximate surface area is 75.2 Å². The lowest BCUT2D eigenvalue weighted by atomic mass is 9.85. The zero-order valence-electron chi connectivity index (χ0n) is 7.50. The van der Waals surface area contributed by atoms with Crippen molar-refractivity contribution in [2.45, 2.75) is 19.3 Å². The van der Waals surface area contributed by atoms with Gasteiger partial charge < -0.3 is 10.1 Å². The van der Waals surface area contributed by atoms with E-state index in [2.05, 4.69) is 4.98 Å². The topological polar surface area (TPSA) is 70.2 Å². The monoisotopic (exact) mass is 181 g/mol. The van der Waals surface area contributed by atoms with Crippen LogP contribution >= 0.6 is 0 Å². The maximum Gasteiger partial charge on any atom is 0.313 e. The van der Waals surface area contributed by atoms with Crippen molar-refractivity contribution >= 4 is 5.97 Å². The van der Waals surface area contributed by atoms with E-state index in [0.717, 1.165) is 0 Å². The van der Waals surface area contributed by atoms with Gasteiger partial charge in [-0.3, -0.25) is 9.59 Å². The van der Waals surface area contributed by atoms with Gasteiger partial charge in [-0.15, -0.1) is 0 Å². The van der Waals surface area contributed by atoms with E-state index in [0.29, 0.717) is 5.56 Å². The molecule has 0 fully saturated rings. The number of carboxylic acids is 1. The van der Waals surface area contributed by atoms with Crippen molar-refractivity contribution in [2.75, 3.05) is 0 Å². The van der Waals surface area contributed by atoms with Crippen LogP contribution in [-0.2, 0) is 10.2 Å². The molecular formula is C9H11NO3. The Morgan fingerprint density at radius 3 is 2.62 bits per heavy atom. The summed E-state index contributed by atoms with van der Waals surface area (Å²) in [4.78, 5) is 24.2. The van der Waals surface area contributed by atoms with E-state index < -0.39 is 11.4 Å². The molecule has 0 aliphatic carbocycles. The smallest absolute Gasteiger partial charge is 0.313 e. The minimum absolute atomic E-state index is 0.285. The first kappa shape index (κ1) is 9.51. The average molecular weight is 181 g/mol. The van der Waals surface area contributed by atoms with E-state index in [9.17, 15) is 9.59 Å². The van der Waals surface area contributed by atoms with Crippen molar-refractivity contribution in [3.63, 3.8) is 0 Å². The molecular weight excluding hydrogens is 170 g/mol. The van der Waals surface area contributed by atoms with Gasteiger partial charge in [0, 0.05) is 12.3 Å². The molecule has 0 radical (unpaired) electrons. The number of rotatable bonds is 2. The number of pyridine rings is 1. The summed E-state index contributed by atoms with van der Waals surface area (Å²) in [5, 5.41) is 8.87. The maximum atomic E-state index is 10.9. The predicted octanol–water partition coefficient (Wildman–Crippen LogP) is 0.737. The molecule has 0 aliphatic heterocycles. The van der Waals surface area contributed by atoms with E-state index >= 15 is 0 Å². The number of H-pyrrole nitrogens is 1. The highest BCUT2D eigenvalue weighted by atomic mass is 16.4. The summed E-state index contributed by atoms with van der Waals surface area (Å²) >= 11 is 0. The zero-order valence-corrected chi connectivity index (χ0v) is 7.50. The molecule has 13 heavy (non-hydrogen) atoms. The first-order valence-electron chi connectivity index (χ1n) is 3.87. The van der Waals surface area contributed by atoms with Crippen LogP contribution in [0.3, 0.4) is 0 Å². The average Bonchev–Trinajstić information content (AvgIpc) is 2.04. The van der Waals surface area contributed by atoms with Gasteiger partial charge in [-0.25, -0.2) is 0 Å². The van der Waals surface area contributed by atoms with Crippen LogP contribution in [0.4, 0.5) is 0 Å². The normalized spacial score (nSPS) is 11.2. The fraction of sp³-hybridized carbons (Fsp3) is 0.333. The quantitative estimate of drug-likeness (QED) is 0.706. The highest BCUT2D eigenvalue weighted by Crippen LogP contribution is 2.21. The third-order valence-corrected chi connectivity index (χ3v) is 2.03. The third kappa shape index (κ3) is 1.77. The van der Waals surface area contributed by atoms with Crippen LogP contribution < -0.4 is 5.56 Å². The summed E-state index contributed by atoms with van der Waals surface area (Å²) in [6.07, 6.45) is 1.45. The highest BCUT2D eigenvalue weighted by Gasteiger charge is 2.29. The number of hydrogen-bond acceptors (Lipinski definition) is 2. The SMILES string of the molecule is CC(C)(C(=O)O)c1cc[nH]c(=O)c1. The predicted molar refractivity (Wildman–Crippen MR) is 47.7 cm³/mol. The van der Waals surface area contributed by atoms with Gasteiger partial charge in [0.25, 0.3) is 0 Å². The second-order valence-corrected chi connectivity index (χ2v) is 3.37. The Morgan fingerprint density at radius 1 is 1.54 bits per heavy atom. The minimum atomic E-state index is -1.02. The summed E-state index contributed by atoms with van der Waals surface area (Å²) in [7, 11) is 0. The number of carbonyl (C=O) groups is 1. The number of hydrogen-bond donors (Lipinski definition) is 2. The highest BCUT2D eigenvalue weighted by molar-refractivity contribution is 5.80. The molecule has 0 unspecified atom stereocenters. The van der Waals surface area contributed by atoms with E-state index in [1.54, 1.807) is 19.9 Å². The lowest BCUT2D eigenvalue weighted by molar-refractivity contribution is -0.142. The molecule has 2 N–H and O–H groups in total.